The van der Waals surface area contributed by atoms with Crippen LogP contribution in [0.2, 0.25) is 0 Å². The van der Waals surface area contributed by atoms with Gasteiger partial charge >= 0.3 is 5.97 Å². The summed E-state index contributed by atoms with van der Waals surface area (Å²) in [5, 5.41) is 0. The molecule has 0 N–H and O–H groups in total. The second-order valence-corrected chi connectivity index (χ2v) is 2.83. The van der Waals surface area contributed by atoms with Crippen molar-refractivity contribution in [3.8, 4) is 12.3 Å². The molecular formula is C9H15NO2. The minimum absolute atomic E-state index is 0.117. The standard InChI is InChI=1S/C9H15NO2/c1-5-6-10(3)7-8(2)9(11)12-4/h1,8H,6-7H2,2-4H3. The maximum Gasteiger partial charge on any atom is 0.309 e. The molecule has 1 atom stereocenters. The molecule has 3 nitrogen and oxygen atoms in total. The lowest BCUT2D eigenvalue weighted by atomic mass is 10.2. The molecule has 0 aromatic heterocycles. The van der Waals surface area contributed by atoms with Gasteiger partial charge in [0.2, 0.25) is 0 Å². The average Bonchev–Trinajstić information content (AvgIpc) is 2.03. The van der Waals surface area contributed by atoms with Crippen molar-refractivity contribution < 1.29 is 9.53 Å². The number of terminal acetylenes is 1. The molecule has 0 spiro atoms. The molecule has 68 valence electrons. The third-order valence-electron chi connectivity index (χ3n) is 1.55. The van der Waals surface area contributed by atoms with E-state index < -0.39 is 0 Å². The Bertz CT molecular complexity index is 183. The lowest BCUT2D eigenvalue weighted by molar-refractivity contribution is -0.145. The number of carbonyl (C=O) groups excluding carboxylic acids is 1. The monoisotopic (exact) mass is 169 g/mol. The average molecular weight is 169 g/mol. The number of esters is 1. The SMILES string of the molecule is C#CCN(C)CC(C)C(=O)OC. The molecule has 0 fully saturated rings. The molecule has 0 amide bonds. The molecule has 0 saturated heterocycles. The molecule has 0 aromatic rings. The van der Waals surface area contributed by atoms with Gasteiger partial charge in [0.15, 0.2) is 0 Å². The Hall–Kier alpha value is -1.01. The van der Waals surface area contributed by atoms with Crippen LogP contribution in [-0.2, 0) is 9.53 Å². The van der Waals surface area contributed by atoms with E-state index in [9.17, 15) is 4.79 Å². The predicted octanol–water partition coefficient (Wildman–Crippen LogP) is 0.360. The van der Waals surface area contributed by atoms with Gasteiger partial charge in [0.1, 0.15) is 0 Å². The van der Waals surface area contributed by atoms with Crippen molar-refractivity contribution in [3.05, 3.63) is 0 Å². The number of rotatable bonds is 4. The summed E-state index contributed by atoms with van der Waals surface area (Å²) in [6.45, 7) is 3.01. The van der Waals surface area contributed by atoms with Crippen LogP contribution in [0, 0.1) is 18.3 Å². The number of hydrogen-bond donors (Lipinski definition) is 0. The van der Waals surface area contributed by atoms with Gasteiger partial charge in [0.05, 0.1) is 19.6 Å². The number of nitrogens with zero attached hydrogens (tertiary/aromatic N) is 1. The molecule has 0 saturated carbocycles. The predicted molar refractivity (Wildman–Crippen MR) is 47.5 cm³/mol. The highest BCUT2D eigenvalue weighted by Gasteiger charge is 2.14. The van der Waals surface area contributed by atoms with E-state index in [4.69, 9.17) is 6.42 Å². The molecule has 3 heteroatoms. The van der Waals surface area contributed by atoms with Gasteiger partial charge in [0, 0.05) is 6.54 Å². The summed E-state index contributed by atoms with van der Waals surface area (Å²) in [5.41, 5.74) is 0. The van der Waals surface area contributed by atoms with Crippen molar-refractivity contribution in [2.75, 3.05) is 27.2 Å². The zero-order valence-corrected chi connectivity index (χ0v) is 7.83. The summed E-state index contributed by atoms with van der Waals surface area (Å²) in [4.78, 5) is 12.9. The lowest BCUT2D eigenvalue weighted by Gasteiger charge is -2.16. The summed E-state index contributed by atoms with van der Waals surface area (Å²) in [6, 6.07) is 0. The van der Waals surface area contributed by atoms with E-state index in [2.05, 4.69) is 10.7 Å². The molecule has 0 aliphatic carbocycles. The Balaban J connectivity index is 3.76. The van der Waals surface area contributed by atoms with E-state index in [1.807, 2.05) is 18.9 Å². The minimum Gasteiger partial charge on any atom is -0.469 e. The first kappa shape index (κ1) is 11.0. The number of methoxy groups -OCH3 is 1. The largest absolute Gasteiger partial charge is 0.469 e. The minimum atomic E-state index is -0.195. The first-order chi connectivity index (χ1) is 5.61. The van der Waals surface area contributed by atoms with E-state index in [1.54, 1.807) is 0 Å². The van der Waals surface area contributed by atoms with Crippen molar-refractivity contribution in [3.63, 3.8) is 0 Å². The van der Waals surface area contributed by atoms with Gasteiger partial charge in [0.25, 0.3) is 0 Å². The van der Waals surface area contributed by atoms with Crippen LogP contribution in [0.25, 0.3) is 0 Å². The zero-order valence-electron chi connectivity index (χ0n) is 7.83. The fourth-order valence-electron chi connectivity index (χ4n) is 0.964. The number of hydrogen-bond acceptors (Lipinski definition) is 3. The van der Waals surface area contributed by atoms with Crippen molar-refractivity contribution >= 4 is 5.97 Å². The van der Waals surface area contributed by atoms with Crippen LogP contribution in [0.5, 0.6) is 0 Å². The lowest BCUT2D eigenvalue weighted by Crippen LogP contribution is -2.29. The van der Waals surface area contributed by atoms with Crippen LogP contribution < -0.4 is 0 Å². The normalized spacial score (nSPS) is 12.2. The van der Waals surface area contributed by atoms with Gasteiger partial charge in [-0.1, -0.05) is 12.8 Å². The van der Waals surface area contributed by atoms with E-state index in [0.717, 1.165) is 0 Å². The molecule has 0 aromatic carbocycles. The third kappa shape index (κ3) is 3.99. The Morgan fingerprint density at radius 2 is 2.33 bits per heavy atom. The van der Waals surface area contributed by atoms with Crippen LogP contribution in [0.3, 0.4) is 0 Å². The van der Waals surface area contributed by atoms with Crippen molar-refractivity contribution in [2.45, 2.75) is 6.92 Å². The third-order valence-corrected chi connectivity index (χ3v) is 1.55. The van der Waals surface area contributed by atoms with Gasteiger partial charge in [-0.15, -0.1) is 6.42 Å². The zero-order chi connectivity index (χ0) is 9.56. The summed E-state index contributed by atoms with van der Waals surface area (Å²) in [5.74, 6) is 2.19. The number of ether oxygens (including phenoxy) is 1. The van der Waals surface area contributed by atoms with Crippen LogP contribution in [-0.4, -0.2) is 38.1 Å². The summed E-state index contributed by atoms with van der Waals surface area (Å²) in [6.07, 6.45) is 5.11. The first-order valence-electron chi connectivity index (χ1n) is 3.81. The van der Waals surface area contributed by atoms with Crippen molar-refractivity contribution in [1.29, 1.82) is 0 Å². The Labute approximate surface area is 73.7 Å². The Kier molecular flexibility index (Phi) is 5.14. The molecule has 0 aliphatic heterocycles. The van der Waals surface area contributed by atoms with E-state index in [-0.39, 0.29) is 11.9 Å². The Morgan fingerprint density at radius 3 is 2.75 bits per heavy atom. The maximum absolute atomic E-state index is 11.0. The molecular weight excluding hydrogens is 154 g/mol. The summed E-state index contributed by atoms with van der Waals surface area (Å²) in [7, 11) is 3.26. The van der Waals surface area contributed by atoms with E-state index in [0.29, 0.717) is 13.1 Å². The molecule has 0 heterocycles. The second kappa shape index (κ2) is 5.62. The van der Waals surface area contributed by atoms with Gasteiger partial charge in [-0.3, -0.25) is 9.69 Å². The number of carbonyl (C=O) groups is 1. The molecule has 0 rings (SSSR count). The smallest absolute Gasteiger partial charge is 0.309 e. The summed E-state index contributed by atoms with van der Waals surface area (Å²) < 4.78 is 4.57. The van der Waals surface area contributed by atoms with Crippen LogP contribution >= 0.6 is 0 Å². The highest BCUT2D eigenvalue weighted by atomic mass is 16.5. The van der Waals surface area contributed by atoms with Crippen LogP contribution in [0.15, 0.2) is 0 Å². The molecule has 0 radical (unpaired) electrons. The highest BCUT2D eigenvalue weighted by molar-refractivity contribution is 5.72. The Morgan fingerprint density at radius 1 is 1.75 bits per heavy atom. The van der Waals surface area contributed by atoms with Gasteiger partial charge in [-0.05, 0) is 7.05 Å². The van der Waals surface area contributed by atoms with Crippen LogP contribution in [0.4, 0.5) is 0 Å². The van der Waals surface area contributed by atoms with Gasteiger partial charge in [-0.25, -0.2) is 0 Å². The molecule has 0 bridgehead atoms. The first-order valence-corrected chi connectivity index (χ1v) is 3.81. The van der Waals surface area contributed by atoms with Crippen molar-refractivity contribution in [2.24, 2.45) is 5.92 Å². The highest BCUT2D eigenvalue weighted by Crippen LogP contribution is 1.99. The van der Waals surface area contributed by atoms with Gasteiger partial charge < -0.3 is 4.74 Å². The summed E-state index contributed by atoms with van der Waals surface area (Å²) >= 11 is 0. The second-order valence-electron chi connectivity index (χ2n) is 2.83. The van der Waals surface area contributed by atoms with Crippen LogP contribution in [0.1, 0.15) is 6.92 Å². The van der Waals surface area contributed by atoms with E-state index in [1.165, 1.54) is 7.11 Å². The topological polar surface area (TPSA) is 29.5 Å². The maximum atomic E-state index is 11.0. The molecule has 0 aliphatic rings. The fraction of sp³-hybridized carbons (Fsp3) is 0.667. The molecule has 12 heavy (non-hydrogen) atoms. The van der Waals surface area contributed by atoms with Crippen molar-refractivity contribution in [1.82, 2.24) is 4.90 Å². The fourth-order valence-corrected chi connectivity index (χ4v) is 0.964. The molecule has 1 unspecified atom stereocenters. The van der Waals surface area contributed by atoms with E-state index >= 15 is 0 Å². The quantitative estimate of drug-likeness (QED) is 0.449. The van der Waals surface area contributed by atoms with Gasteiger partial charge in [-0.2, -0.15) is 0 Å².